The lowest BCUT2D eigenvalue weighted by Gasteiger charge is -2.19. The van der Waals surface area contributed by atoms with Gasteiger partial charge in [-0.05, 0) is 63.9 Å². The monoisotopic (exact) mass is 398 g/mol. The molecule has 7 heteroatoms. The van der Waals surface area contributed by atoms with Crippen molar-refractivity contribution in [2.75, 3.05) is 5.32 Å². The number of carbonyl (C=O) groups excluding carboxylic acids is 2. The van der Waals surface area contributed by atoms with E-state index in [0.29, 0.717) is 16.2 Å². The predicted molar refractivity (Wildman–Crippen MR) is 111 cm³/mol. The third kappa shape index (κ3) is 4.02. The number of hydrogen-bond acceptors (Lipinski definition) is 3. The van der Waals surface area contributed by atoms with Gasteiger partial charge in [-0.3, -0.25) is 14.0 Å². The molecular weight excluding hydrogens is 376 g/mol. The van der Waals surface area contributed by atoms with E-state index in [1.165, 1.54) is 0 Å². The second kappa shape index (κ2) is 7.28. The molecule has 6 nitrogen and oxygen atoms in total. The topological polar surface area (TPSA) is 75.5 Å². The molecule has 1 aromatic carbocycles. The summed E-state index contributed by atoms with van der Waals surface area (Å²) >= 11 is 6.31. The van der Waals surface area contributed by atoms with Gasteiger partial charge in [0.2, 0.25) is 5.82 Å². The average molecular weight is 399 g/mol. The fourth-order valence-electron chi connectivity index (χ4n) is 3.01. The average Bonchev–Trinajstić information content (AvgIpc) is 2.96. The summed E-state index contributed by atoms with van der Waals surface area (Å²) in [6, 6.07) is 9.06. The molecule has 0 radical (unpaired) electrons. The minimum absolute atomic E-state index is 0.116. The molecule has 2 aromatic heterocycles. The first kappa shape index (κ1) is 19.9. The molecule has 3 rings (SSSR count). The Kier molecular flexibility index (Phi) is 5.17. The number of nitrogens with one attached hydrogen (secondary N) is 2. The number of pyridine rings is 1. The number of carbonyl (C=O) groups is 2. The fraction of sp³-hybridized carbons (Fsp3) is 0.286. The highest BCUT2D eigenvalue weighted by atomic mass is 35.5. The molecule has 0 aliphatic carbocycles. The Morgan fingerprint density at radius 1 is 1.11 bits per heavy atom. The number of aryl methyl sites for hydroxylation is 2. The first-order chi connectivity index (χ1) is 13.1. The minimum atomic E-state index is -0.440. The van der Waals surface area contributed by atoms with Gasteiger partial charge in [-0.2, -0.15) is 0 Å². The van der Waals surface area contributed by atoms with Gasteiger partial charge >= 0.3 is 0 Å². The van der Waals surface area contributed by atoms with Gasteiger partial charge in [0.25, 0.3) is 11.8 Å². The number of hydrogen-bond donors (Lipinski definition) is 2. The number of halogens is 1. The van der Waals surface area contributed by atoms with Crippen molar-refractivity contribution in [3.05, 3.63) is 64.2 Å². The predicted octanol–water partition coefficient (Wildman–Crippen LogP) is 4.39. The van der Waals surface area contributed by atoms with Crippen LogP contribution in [0.4, 0.5) is 5.69 Å². The summed E-state index contributed by atoms with van der Waals surface area (Å²) in [6.07, 6.45) is 1.70. The number of imidazole rings is 1. The number of fused-ring (bicyclic) bond motifs is 1. The standard InChI is InChI=1S/C21H23ClN4O2/c1-12-10-13(2)16(14(22)11-12)24-20(28)18-23-17(19(27)25-21(3,4)5)15-8-6-7-9-26(15)18/h6-11H,1-5H3,(H,24,28)(H,25,27). The molecule has 0 saturated heterocycles. The Balaban J connectivity index is 2.02. The molecule has 0 bridgehead atoms. The van der Waals surface area contributed by atoms with Crippen LogP contribution in [0.5, 0.6) is 0 Å². The van der Waals surface area contributed by atoms with E-state index in [0.717, 1.165) is 11.1 Å². The number of anilines is 1. The fourth-order valence-corrected chi connectivity index (χ4v) is 3.38. The van der Waals surface area contributed by atoms with Crippen LogP contribution in [0.2, 0.25) is 5.02 Å². The molecule has 0 aliphatic rings. The van der Waals surface area contributed by atoms with Gasteiger partial charge in [0.1, 0.15) is 0 Å². The zero-order chi connectivity index (χ0) is 20.6. The molecule has 2 amide bonds. The van der Waals surface area contributed by atoms with Gasteiger partial charge in [0, 0.05) is 11.7 Å². The van der Waals surface area contributed by atoms with Gasteiger partial charge in [-0.15, -0.1) is 0 Å². The maximum atomic E-state index is 13.0. The lowest BCUT2D eigenvalue weighted by Crippen LogP contribution is -2.40. The number of nitrogens with zero attached hydrogens (tertiary/aromatic N) is 2. The molecule has 2 N–H and O–H groups in total. The van der Waals surface area contributed by atoms with Crippen molar-refractivity contribution in [2.45, 2.75) is 40.2 Å². The summed E-state index contributed by atoms with van der Waals surface area (Å²) in [5.74, 6) is -0.657. The maximum absolute atomic E-state index is 13.0. The van der Waals surface area contributed by atoms with Crippen LogP contribution in [-0.4, -0.2) is 26.7 Å². The highest BCUT2D eigenvalue weighted by molar-refractivity contribution is 6.34. The molecule has 0 saturated carbocycles. The number of rotatable bonds is 3. The molecule has 0 spiro atoms. The molecule has 0 aliphatic heterocycles. The third-order valence-corrected chi connectivity index (χ3v) is 4.42. The van der Waals surface area contributed by atoms with Gasteiger partial charge in [-0.1, -0.05) is 23.7 Å². The van der Waals surface area contributed by atoms with Crippen LogP contribution in [0.15, 0.2) is 36.5 Å². The first-order valence-corrected chi connectivity index (χ1v) is 9.32. The lowest BCUT2D eigenvalue weighted by molar-refractivity contribution is 0.0916. The number of amides is 2. The van der Waals surface area contributed by atoms with Gasteiger partial charge in [0.15, 0.2) is 5.69 Å². The molecular formula is C21H23ClN4O2. The van der Waals surface area contributed by atoms with Crippen molar-refractivity contribution >= 4 is 34.6 Å². The number of benzene rings is 1. The third-order valence-electron chi connectivity index (χ3n) is 4.13. The van der Waals surface area contributed by atoms with Crippen LogP contribution >= 0.6 is 11.6 Å². The van der Waals surface area contributed by atoms with Crippen molar-refractivity contribution in [1.82, 2.24) is 14.7 Å². The molecule has 28 heavy (non-hydrogen) atoms. The van der Waals surface area contributed by atoms with Crippen LogP contribution < -0.4 is 10.6 Å². The molecule has 3 aromatic rings. The van der Waals surface area contributed by atoms with E-state index < -0.39 is 11.4 Å². The van der Waals surface area contributed by atoms with Crippen molar-refractivity contribution in [3.8, 4) is 0 Å². The molecule has 2 heterocycles. The van der Waals surface area contributed by atoms with Crippen molar-refractivity contribution in [2.24, 2.45) is 0 Å². The second-order valence-corrected chi connectivity index (χ2v) is 8.24. The quantitative estimate of drug-likeness (QED) is 0.687. The van der Waals surface area contributed by atoms with E-state index in [-0.39, 0.29) is 17.4 Å². The summed E-state index contributed by atoms with van der Waals surface area (Å²) in [5.41, 5.74) is 2.73. The van der Waals surface area contributed by atoms with E-state index in [9.17, 15) is 9.59 Å². The maximum Gasteiger partial charge on any atom is 0.292 e. The summed E-state index contributed by atoms with van der Waals surface area (Å²) in [6.45, 7) is 9.48. The van der Waals surface area contributed by atoms with Crippen LogP contribution in [0.3, 0.4) is 0 Å². The highest BCUT2D eigenvalue weighted by Crippen LogP contribution is 2.28. The van der Waals surface area contributed by atoms with E-state index in [2.05, 4.69) is 15.6 Å². The number of aromatic nitrogens is 2. The Bertz CT molecular complexity index is 1060. The van der Waals surface area contributed by atoms with Gasteiger partial charge < -0.3 is 10.6 Å². The smallest absolute Gasteiger partial charge is 0.292 e. The summed E-state index contributed by atoms with van der Waals surface area (Å²) in [4.78, 5) is 30.0. The second-order valence-electron chi connectivity index (χ2n) is 7.84. The van der Waals surface area contributed by atoms with E-state index >= 15 is 0 Å². The van der Waals surface area contributed by atoms with Crippen LogP contribution in [0.1, 0.15) is 53.0 Å². The molecule has 0 unspecified atom stereocenters. The zero-order valence-electron chi connectivity index (χ0n) is 16.6. The van der Waals surface area contributed by atoms with Crippen LogP contribution in [0, 0.1) is 13.8 Å². The summed E-state index contributed by atoms with van der Waals surface area (Å²) in [7, 11) is 0. The van der Waals surface area contributed by atoms with Gasteiger partial charge in [0.05, 0.1) is 16.2 Å². The summed E-state index contributed by atoms with van der Waals surface area (Å²) in [5, 5.41) is 6.17. The van der Waals surface area contributed by atoms with Crippen LogP contribution in [-0.2, 0) is 0 Å². The van der Waals surface area contributed by atoms with E-state index in [4.69, 9.17) is 11.6 Å². The first-order valence-electron chi connectivity index (χ1n) is 8.94. The van der Waals surface area contributed by atoms with Gasteiger partial charge in [-0.25, -0.2) is 4.98 Å². The molecule has 146 valence electrons. The molecule has 0 fully saturated rings. The minimum Gasteiger partial charge on any atom is -0.346 e. The normalized spacial score (nSPS) is 11.5. The van der Waals surface area contributed by atoms with Crippen molar-refractivity contribution in [1.29, 1.82) is 0 Å². The SMILES string of the molecule is Cc1cc(C)c(NC(=O)c2nc(C(=O)NC(C)(C)C)c3ccccn23)c(Cl)c1. The van der Waals surface area contributed by atoms with Crippen LogP contribution in [0.25, 0.3) is 5.52 Å². The van der Waals surface area contributed by atoms with E-state index in [1.807, 2.05) is 40.7 Å². The van der Waals surface area contributed by atoms with Crippen molar-refractivity contribution < 1.29 is 9.59 Å². The zero-order valence-corrected chi connectivity index (χ0v) is 17.3. The largest absolute Gasteiger partial charge is 0.346 e. The van der Waals surface area contributed by atoms with E-state index in [1.54, 1.807) is 34.9 Å². The molecule has 0 atom stereocenters. The van der Waals surface area contributed by atoms with Crippen molar-refractivity contribution in [3.63, 3.8) is 0 Å². The summed E-state index contributed by atoms with van der Waals surface area (Å²) < 4.78 is 1.60. The Morgan fingerprint density at radius 2 is 1.82 bits per heavy atom. The Hall–Kier alpha value is -2.86. The Labute approximate surface area is 168 Å². The lowest BCUT2D eigenvalue weighted by atomic mass is 10.1. The Morgan fingerprint density at radius 3 is 2.46 bits per heavy atom. The highest BCUT2D eigenvalue weighted by Gasteiger charge is 2.24.